The molecular formula is C16H31N. The van der Waals surface area contributed by atoms with Crippen LogP contribution in [-0.2, 0) is 0 Å². The van der Waals surface area contributed by atoms with Crippen LogP contribution in [0.2, 0.25) is 0 Å². The molecule has 0 spiro atoms. The van der Waals surface area contributed by atoms with Gasteiger partial charge in [-0.1, -0.05) is 19.4 Å². The van der Waals surface area contributed by atoms with E-state index < -0.39 is 0 Å². The lowest BCUT2D eigenvalue weighted by Crippen LogP contribution is -2.25. The summed E-state index contributed by atoms with van der Waals surface area (Å²) in [6.07, 6.45) is 11.9. The third-order valence-corrected chi connectivity index (χ3v) is 4.80. The van der Waals surface area contributed by atoms with Crippen molar-refractivity contribution < 1.29 is 0 Å². The zero-order valence-electron chi connectivity index (χ0n) is 12.0. The van der Waals surface area contributed by atoms with Crippen molar-refractivity contribution in [2.75, 3.05) is 7.05 Å². The molecular weight excluding hydrogens is 206 g/mol. The average Bonchev–Trinajstić information content (AvgIpc) is 2.39. The van der Waals surface area contributed by atoms with Crippen LogP contribution < -0.4 is 5.32 Å². The van der Waals surface area contributed by atoms with Crippen molar-refractivity contribution in [2.45, 2.75) is 64.8 Å². The Kier molecular flexibility index (Phi) is 6.87. The molecule has 2 unspecified atom stereocenters. The fourth-order valence-electron chi connectivity index (χ4n) is 3.23. The molecule has 0 saturated heterocycles. The normalized spacial score (nSPS) is 28.6. The van der Waals surface area contributed by atoms with Gasteiger partial charge in [0.15, 0.2) is 0 Å². The van der Waals surface area contributed by atoms with E-state index in [0.717, 1.165) is 17.8 Å². The third-order valence-electron chi connectivity index (χ3n) is 4.80. The summed E-state index contributed by atoms with van der Waals surface area (Å²) in [5.41, 5.74) is 0. The van der Waals surface area contributed by atoms with Gasteiger partial charge in [-0.05, 0) is 70.3 Å². The van der Waals surface area contributed by atoms with Crippen molar-refractivity contribution in [3.8, 4) is 0 Å². The molecule has 1 N–H and O–H groups in total. The SMILES string of the molecule is C=CC1CCC(C(CC)CCC(C)NC)CC1. The molecule has 0 aromatic rings. The Morgan fingerprint density at radius 1 is 1.24 bits per heavy atom. The predicted octanol–water partition coefficient (Wildman–Crippen LogP) is 4.39. The van der Waals surface area contributed by atoms with Crippen LogP contribution in [-0.4, -0.2) is 13.1 Å². The maximum absolute atomic E-state index is 3.94. The first-order valence-corrected chi connectivity index (χ1v) is 7.51. The third kappa shape index (κ3) is 4.83. The highest BCUT2D eigenvalue weighted by Gasteiger charge is 2.25. The number of hydrogen-bond donors (Lipinski definition) is 1. The van der Waals surface area contributed by atoms with Crippen molar-refractivity contribution in [1.82, 2.24) is 5.32 Å². The second kappa shape index (κ2) is 7.92. The lowest BCUT2D eigenvalue weighted by atomic mass is 9.73. The predicted molar refractivity (Wildman–Crippen MR) is 77.2 cm³/mol. The fourth-order valence-corrected chi connectivity index (χ4v) is 3.23. The van der Waals surface area contributed by atoms with E-state index >= 15 is 0 Å². The summed E-state index contributed by atoms with van der Waals surface area (Å²) >= 11 is 0. The number of allylic oxidation sites excluding steroid dienone is 1. The summed E-state index contributed by atoms with van der Waals surface area (Å²) in [6, 6.07) is 0.675. The molecule has 1 saturated carbocycles. The summed E-state index contributed by atoms with van der Waals surface area (Å²) in [7, 11) is 2.07. The van der Waals surface area contributed by atoms with Crippen molar-refractivity contribution in [3.05, 3.63) is 12.7 Å². The molecule has 2 atom stereocenters. The minimum atomic E-state index is 0.675. The van der Waals surface area contributed by atoms with Crippen LogP contribution >= 0.6 is 0 Å². The van der Waals surface area contributed by atoms with Gasteiger partial charge in [-0.2, -0.15) is 0 Å². The molecule has 0 heterocycles. The van der Waals surface area contributed by atoms with Crippen molar-refractivity contribution in [3.63, 3.8) is 0 Å². The van der Waals surface area contributed by atoms with Gasteiger partial charge >= 0.3 is 0 Å². The standard InChI is InChI=1S/C16H31N/c1-5-14-8-11-16(12-9-14)15(6-2)10-7-13(3)17-4/h5,13-17H,1,6-12H2,2-4H3. The first kappa shape index (κ1) is 14.8. The minimum absolute atomic E-state index is 0.675. The lowest BCUT2D eigenvalue weighted by molar-refractivity contribution is 0.202. The first-order valence-electron chi connectivity index (χ1n) is 7.51. The Labute approximate surface area is 108 Å². The molecule has 1 rings (SSSR count). The molecule has 100 valence electrons. The molecule has 0 aromatic heterocycles. The molecule has 0 amide bonds. The van der Waals surface area contributed by atoms with Gasteiger partial charge in [-0.25, -0.2) is 0 Å². The van der Waals surface area contributed by atoms with Gasteiger partial charge in [-0.15, -0.1) is 6.58 Å². The van der Waals surface area contributed by atoms with Crippen LogP contribution in [0.1, 0.15) is 58.8 Å². The van der Waals surface area contributed by atoms with E-state index in [0.29, 0.717) is 6.04 Å². The van der Waals surface area contributed by atoms with E-state index in [9.17, 15) is 0 Å². The monoisotopic (exact) mass is 237 g/mol. The molecule has 0 radical (unpaired) electrons. The second-order valence-electron chi connectivity index (χ2n) is 5.85. The Bertz CT molecular complexity index is 204. The molecule has 0 aromatic carbocycles. The Balaban J connectivity index is 2.32. The molecule has 0 aliphatic heterocycles. The molecule has 1 fully saturated rings. The van der Waals surface area contributed by atoms with Crippen LogP contribution in [0.15, 0.2) is 12.7 Å². The van der Waals surface area contributed by atoms with E-state index in [1.165, 1.54) is 44.9 Å². The van der Waals surface area contributed by atoms with Gasteiger partial charge in [0.25, 0.3) is 0 Å². The Morgan fingerprint density at radius 3 is 2.35 bits per heavy atom. The van der Waals surface area contributed by atoms with Gasteiger partial charge in [0, 0.05) is 6.04 Å². The molecule has 1 heteroatoms. The quantitative estimate of drug-likeness (QED) is 0.647. The van der Waals surface area contributed by atoms with E-state index in [2.05, 4.69) is 38.9 Å². The first-order chi connectivity index (χ1) is 8.21. The van der Waals surface area contributed by atoms with Crippen molar-refractivity contribution in [1.29, 1.82) is 0 Å². The van der Waals surface area contributed by atoms with Crippen molar-refractivity contribution in [2.24, 2.45) is 17.8 Å². The van der Waals surface area contributed by atoms with Crippen molar-refractivity contribution >= 4 is 0 Å². The van der Waals surface area contributed by atoms with Crippen LogP contribution in [0.5, 0.6) is 0 Å². The smallest absolute Gasteiger partial charge is 0.00358 e. The maximum atomic E-state index is 3.94. The number of rotatable bonds is 7. The van der Waals surface area contributed by atoms with Crippen LogP contribution in [0.3, 0.4) is 0 Å². The van der Waals surface area contributed by atoms with E-state index in [1.807, 2.05) is 0 Å². The van der Waals surface area contributed by atoms with Gasteiger partial charge in [-0.3, -0.25) is 0 Å². The van der Waals surface area contributed by atoms with Crippen LogP contribution in [0, 0.1) is 17.8 Å². The summed E-state index contributed by atoms with van der Waals surface area (Å²) in [5.74, 6) is 2.75. The Hall–Kier alpha value is -0.300. The molecule has 1 aliphatic rings. The van der Waals surface area contributed by atoms with Gasteiger partial charge in [0.05, 0.1) is 0 Å². The maximum Gasteiger partial charge on any atom is 0.00358 e. The molecule has 1 nitrogen and oxygen atoms in total. The number of nitrogens with one attached hydrogen (secondary N) is 1. The van der Waals surface area contributed by atoms with Gasteiger partial charge in [0.1, 0.15) is 0 Å². The highest BCUT2D eigenvalue weighted by Crippen LogP contribution is 2.37. The topological polar surface area (TPSA) is 12.0 Å². The summed E-state index contributed by atoms with van der Waals surface area (Å²) in [4.78, 5) is 0. The van der Waals surface area contributed by atoms with Gasteiger partial charge < -0.3 is 5.32 Å². The van der Waals surface area contributed by atoms with E-state index in [4.69, 9.17) is 0 Å². The highest BCUT2D eigenvalue weighted by molar-refractivity contribution is 4.86. The largest absolute Gasteiger partial charge is 0.317 e. The van der Waals surface area contributed by atoms with Crippen LogP contribution in [0.25, 0.3) is 0 Å². The summed E-state index contributed by atoms with van der Waals surface area (Å²) in [5, 5.41) is 3.35. The average molecular weight is 237 g/mol. The highest BCUT2D eigenvalue weighted by atomic mass is 14.8. The second-order valence-corrected chi connectivity index (χ2v) is 5.85. The molecule has 1 aliphatic carbocycles. The minimum Gasteiger partial charge on any atom is -0.317 e. The zero-order chi connectivity index (χ0) is 12.7. The zero-order valence-corrected chi connectivity index (χ0v) is 12.0. The van der Waals surface area contributed by atoms with E-state index in [-0.39, 0.29) is 0 Å². The van der Waals surface area contributed by atoms with Crippen LogP contribution in [0.4, 0.5) is 0 Å². The number of hydrogen-bond acceptors (Lipinski definition) is 1. The summed E-state index contributed by atoms with van der Waals surface area (Å²) < 4.78 is 0. The Morgan fingerprint density at radius 2 is 1.88 bits per heavy atom. The van der Waals surface area contributed by atoms with E-state index in [1.54, 1.807) is 0 Å². The fraction of sp³-hybridized carbons (Fsp3) is 0.875. The lowest BCUT2D eigenvalue weighted by Gasteiger charge is -2.33. The molecule has 17 heavy (non-hydrogen) atoms. The van der Waals surface area contributed by atoms with Gasteiger partial charge in [0.2, 0.25) is 0 Å². The summed E-state index contributed by atoms with van der Waals surface area (Å²) in [6.45, 7) is 8.60. The molecule has 0 bridgehead atoms.